The number of hydrogen-bond acceptors (Lipinski definition) is 3. The van der Waals surface area contributed by atoms with E-state index >= 15 is 0 Å². The zero-order valence-electron chi connectivity index (χ0n) is 9.74. The third-order valence-electron chi connectivity index (χ3n) is 2.70. The third-order valence-corrected chi connectivity index (χ3v) is 2.70. The Morgan fingerprint density at radius 2 is 2.11 bits per heavy atom. The normalized spacial score (nSPS) is 11.9. The van der Waals surface area contributed by atoms with Crippen LogP contribution in [0.4, 0.5) is 8.78 Å². The number of halogens is 2. The summed E-state index contributed by atoms with van der Waals surface area (Å²) in [5, 5.41) is 13.1. The Morgan fingerprint density at radius 3 is 2.89 bits per heavy atom. The Balaban J connectivity index is 2.08. The molecule has 96 valence electrons. The second-order valence-corrected chi connectivity index (χ2v) is 4.13. The maximum Gasteiger partial charge on any atom is 0.282 e. The maximum atomic E-state index is 12.8. The van der Waals surface area contributed by atoms with Crippen LogP contribution in [0.3, 0.4) is 0 Å². The Morgan fingerprint density at radius 1 is 1.28 bits per heavy atom. The zero-order valence-corrected chi connectivity index (χ0v) is 9.74. The van der Waals surface area contributed by atoms with Gasteiger partial charge in [0.15, 0.2) is 0 Å². The van der Waals surface area contributed by atoms with Crippen molar-refractivity contribution in [3.8, 4) is 0 Å². The van der Waals surface area contributed by atoms with Crippen molar-refractivity contribution in [3.05, 3.63) is 42.2 Å². The summed E-state index contributed by atoms with van der Waals surface area (Å²) in [4.78, 5) is 4.01. The molecule has 0 saturated carbocycles. The van der Waals surface area contributed by atoms with Gasteiger partial charge < -0.3 is 10.4 Å². The van der Waals surface area contributed by atoms with Crippen molar-refractivity contribution in [1.82, 2.24) is 10.3 Å². The lowest BCUT2D eigenvalue weighted by atomic mass is 10.1. The molecule has 1 heterocycles. The molecule has 2 N–H and O–H groups in total. The zero-order chi connectivity index (χ0) is 13.0. The van der Waals surface area contributed by atoms with Crippen molar-refractivity contribution >= 4 is 10.8 Å². The molecule has 0 fully saturated rings. The summed E-state index contributed by atoms with van der Waals surface area (Å²) >= 11 is 0. The van der Waals surface area contributed by atoms with Crippen LogP contribution in [0.15, 0.2) is 36.7 Å². The molecule has 18 heavy (non-hydrogen) atoms. The van der Waals surface area contributed by atoms with Gasteiger partial charge in [0.2, 0.25) is 0 Å². The maximum absolute atomic E-state index is 12.8. The van der Waals surface area contributed by atoms with Crippen LogP contribution in [-0.4, -0.2) is 29.2 Å². The molecule has 0 radical (unpaired) electrons. The number of benzene rings is 1. The predicted molar refractivity (Wildman–Crippen MR) is 65.5 cm³/mol. The van der Waals surface area contributed by atoms with Gasteiger partial charge in [0.25, 0.3) is 5.92 Å². The van der Waals surface area contributed by atoms with Crippen molar-refractivity contribution in [2.24, 2.45) is 0 Å². The van der Waals surface area contributed by atoms with Crippen LogP contribution in [0, 0.1) is 0 Å². The number of fused-ring (bicyclic) bond motifs is 1. The first-order chi connectivity index (χ1) is 8.62. The highest BCUT2D eigenvalue weighted by Gasteiger charge is 2.26. The molecule has 0 aliphatic rings. The van der Waals surface area contributed by atoms with Crippen molar-refractivity contribution in [3.63, 3.8) is 0 Å². The molecule has 0 aliphatic carbocycles. The largest absolute Gasteiger partial charge is 0.390 e. The fraction of sp³-hybridized carbons (Fsp3) is 0.308. The summed E-state index contributed by atoms with van der Waals surface area (Å²) < 4.78 is 25.7. The molecule has 0 atom stereocenters. The van der Waals surface area contributed by atoms with Gasteiger partial charge in [-0.15, -0.1) is 0 Å². The molecule has 0 unspecified atom stereocenters. The smallest absolute Gasteiger partial charge is 0.282 e. The molecule has 3 nitrogen and oxygen atoms in total. The summed E-state index contributed by atoms with van der Waals surface area (Å²) in [7, 11) is 0. The van der Waals surface area contributed by atoms with Gasteiger partial charge in [0, 0.05) is 24.3 Å². The van der Waals surface area contributed by atoms with Crippen LogP contribution in [0.25, 0.3) is 10.8 Å². The Labute approximate surface area is 103 Å². The number of aliphatic hydroxyl groups excluding tert-OH is 1. The average molecular weight is 252 g/mol. The highest BCUT2D eigenvalue weighted by atomic mass is 19.3. The second-order valence-electron chi connectivity index (χ2n) is 4.13. The van der Waals surface area contributed by atoms with E-state index in [1.54, 1.807) is 12.4 Å². The Kier molecular flexibility index (Phi) is 3.84. The van der Waals surface area contributed by atoms with Crippen LogP contribution >= 0.6 is 0 Å². The third kappa shape index (κ3) is 3.00. The van der Waals surface area contributed by atoms with Crippen LogP contribution < -0.4 is 5.32 Å². The van der Waals surface area contributed by atoms with Gasteiger partial charge in [-0.05, 0) is 17.0 Å². The van der Waals surface area contributed by atoms with Crippen molar-refractivity contribution in [1.29, 1.82) is 0 Å². The number of alkyl halides is 2. The molecular formula is C13H14F2N2O. The van der Waals surface area contributed by atoms with Gasteiger partial charge in [-0.2, -0.15) is 0 Å². The minimum Gasteiger partial charge on any atom is -0.390 e. The molecule has 1 aromatic heterocycles. The van der Waals surface area contributed by atoms with Gasteiger partial charge in [0.05, 0.1) is 6.54 Å². The van der Waals surface area contributed by atoms with Crippen LogP contribution in [0.2, 0.25) is 0 Å². The first kappa shape index (κ1) is 12.9. The second kappa shape index (κ2) is 5.37. The highest BCUT2D eigenvalue weighted by Crippen LogP contribution is 2.17. The lowest BCUT2D eigenvalue weighted by Crippen LogP contribution is -2.35. The van der Waals surface area contributed by atoms with E-state index in [1.807, 2.05) is 24.3 Å². The monoisotopic (exact) mass is 252 g/mol. The topological polar surface area (TPSA) is 45.1 Å². The predicted octanol–water partition coefficient (Wildman–Crippen LogP) is 1.95. The Bertz CT molecular complexity index is 526. The quantitative estimate of drug-likeness (QED) is 0.855. The SMILES string of the molecule is OCC(F)(F)CNCc1cccc2cnccc12. The minimum absolute atomic E-state index is 0.330. The van der Waals surface area contributed by atoms with Gasteiger partial charge in [-0.25, -0.2) is 8.78 Å². The van der Waals surface area contributed by atoms with E-state index in [4.69, 9.17) is 5.11 Å². The Hall–Kier alpha value is -1.59. The summed E-state index contributed by atoms with van der Waals surface area (Å²) in [6.45, 7) is -1.35. The van der Waals surface area contributed by atoms with Crippen LogP contribution in [-0.2, 0) is 6.54 Å². The number of aromatic nitrogens is 1. The molecule has 2 rings (SSSR count). The number of aliphatic hydroxyl groups is 1. The molecule has 5 heteroatoms. The van der Waals surface area contributed by atoms with E-state index in [0.717, 1.165) is 16.3 Å². The highest BCUT2D eigenvalue weighted by molar-refractivity contribution is 5.84. The lowest BCUT2D eigenvalue weighted by Gasteiger charge is -2.14. The fourth-order valence-corrected chi connectivity index (χ4v) is 1.78. The van der Waals surface area contributed by atoms with Gasteiger partial charge in [-0.1, -0.05) is 18.2 Å². The summed E-state index contributed by atoms with van der Waals surface area (Å²) in [5.41, 5.74) is 0.934. The summed E-state index contributed by atoms with van der Waals surface area (Å²) in [5.74, 6) is -3.08. The number of hydrogen-bond donors (Lipinski definition) is 2. The van der Waals surface area contributed by atoms with E-state index in [9.17, 15) is 8.78 Å². The van der Waals surface area contributed by atoms with E-state index in [-0.39, 0.29) is 0 Å². The molecule has 0 saturated heterocycles. The molecule has 1 aromatic carbocycles. The number of pyridine rings is 1. The average Bonchev–Trinajstić information content (AvgIpc) is 2.39. The standard InChI is InChI=1S/C13H14F2N2O/c14-13(15,9-18)8-17-7-11-3-1-2-10-6-16-5-4-12(10)11/h1-6,17-18H,7-9H2. The number of nitrogens with one attached hydrogen (secondary N) is 1. The van der Waals surface area contributed by atoms with Crippen LogP contribution in [0.1, 0.15) is 5.56 Å². The van der Waals surface area contributed by atoms with Gasteiger partial charge in [-0.3, -0.25) is 4.98 Å². The fourth-order valence-electron chi connectivity index (χ4n) is 1.78. The first-order valence-electron chi connectivity index (χ1n) is 5.63. The molecule has 2 aromatic rings. The molecule has 0 aliphatic heterocycles. The van der Waals surface area contributed by atoms with E-state index in [2.05, 4.69) is 10.3 Å². The molecule has 0 spiro atoms. The van der Waals surface area contributed by atoms with E-state index in [1.165, 1.54) is 0 Å². The molecular weight excluding hydrogens is 238 g/mol. The van der Waals surface area contributed by atoms with Crippen LogP contribution in [0.5, 0.6) is 0 Å². The minimum atomic E-state index is -3.08. The molecule has 0 bridgehead atoms. The summed E-state index contributed by atoms with van der Waals surface area (Å²) in [6, 6.07) is 7.53. The van der Waals surface area contributed by atoms with E-state index in [0.29, 0.717) is 6.54 Å². The van der Waals surface area contributed by atoms with Gasteiger partial charge in [0.1, 0.15) is 6.61 Å². The van der Waals surface area contributed by atoms with Crippen molar-refractivity contribution in [2.45, 2.75) is 12.5 Å². The van der Waals surface area contributed by atoms with Crippen molar-refractivity contribution < 1.29 is 13.9 Å². The number of nitrogens with zero attached hydrogens (tertiary/aromatic N) is 1. The lowest BCUT2D eigenvalue weighted by molar-refractivity contribution is -0.0477. The number of rotatable bonds is 5. The first-order valence-corrected chi connectivity index (χ1v) is 5.63. The summed E-state index contributed by atoms with van der Waals surface area (Å²) in [6.07, 6.45) is 3.41. The van der Waals surface area contributed by atoms with Gasteiger partial charge >= 0.3 is 0 Å². The molecule has 0 amide bonds. The van der Waals surface area contributed by atoms with Crippen molar-refractivity contribution in [2.75, 3.05) is 13.2 Å². The van der Waals surface area contributed by atoms with E-state index < -0.39 is 19.1 Å².